The Morgan fingerprint density at radius 3 is 1.74 bits per heavy atom. The first-order valence-corrected chi connectivity index (χ1v) is 11.0. The van der Waals surface area contributed by atoms with Gasteiger partial charge < -0.3 is 29.8 Å². The fraction of sp³-hybridized carbons (Fsp3) is 0.810. The molecule has 0 saturated heterocycles. The first-order chi connectivity index (χ1) is 14.7. The van der Waals surface area contributed by atoms with Crippen LogP contribution in [0.4, 0.5) is 0 Å². The molecule has 0 heterocycles. The Labute approximate surface area is 185 Å². The summed E-state index contributed by atoms with van der Waals surface area (Å²) in [5, 5.41) is 18.4. The molecule has 0 saturated carbocycles. The summed E-state index contributed by atoms with van der Waals surface area (Å²) in [6.45, 7) is 8.61. The minimum absolute atomic E-state index is 0.0445. The van der Waals surface area contributed by atoms with E-state index in [4.69, 9.17) is 5.11 Å². The molecule has 4 amide bonds. The van der Waals surface area contributed by atoms with Gasteiger partial charge in [-0.05, 0) is 33.6 Å². The summed E-state index contributed by atoms with van der Waals surface area (Å²) < 4.78 is 0. The Balaban J connectivity index is 5.41. The van der Waals surface area contributed by atoms with E-state index in [1.54, 1.807) is 6.92 Å². The van der Waals surface area contributed by atoms with Gasteiger partial charge in [-0.25, -0.2) is 0 Å². The molecule has 0 aliphatic rings. The van der Waals surface area contributed by atoms with Crippen molar-refractivity contribution < 1.29 is 29.4 Å². The van der Waals surface area contributed by atoms with Crippen LogP contribution in [0.15, 0.2) is 0 Å². The molecule has 180 valence electrons. The molecular weight excluding hydrogens is 404 g/mol. The Morgan fingerprint density at radius 2 is 1.29 bits per heavy atom. The summed E-state index contributed by atoms with van der Waals surface area (Å²) in [5.41, 5.74) is 0. The smallest absolute Gasteiger partial charge is 0.242 e. The van der Waals surface area contributed by atoms with E-state index in [2.05, 4.69) is 0 Å². The van der Waals surface area contributed by atoms with Crippen molar-refractivity contribution in [1.29, 1.82) is 0 Å². The molecule has 0 aromatic rings. The lowest BCUT2D eigenvalue weighted by Gasteiger charge is -2.33. The average Bonchev–Trinajstić information content (AvgIpc) is 2.77. The maximum atomic E-state index is 12.9. The first-order valence-electron chi connectivity index (χ1n) is 11.0. The molecule has 0 aromatic carbocycles. The van der Waals surface area contributed by atoms with Crippen molar-refractivity contribution in [1.82, 2.24) is 19.6 Å². The van der Waals surface area contributed by atoms with E-state index < -0.39 is 5.91 Å². The number of carbonyl (C=O) groups is 4. The van der Waals surface area contributed by atoms with Crippen LogP contribution < -0.4 is 0 Å². The van der Waals surface area contributed by atoms with Crippen molar-refractivity contribution in [2.75, 3.05) is 52.5 Å². The molecule has 0 radical (unpaired) electrons. The van der Waals surface area contributed by atoms with Crippen molar-refractivity contribution in [3.63, 3.8) is 0 Å². The van der Waals surface area contributed by atoms with Gasteiger partial charge in [-0.1, -0.05) is 13.8 Å². The second-order valence-corrected chi connectivity index (χ2v) is 7.55. The standard InChI is InChI=1S/C21H40N4O6/c1-6-17(4)24(16-28)14-21(31)25(18(5)7-2)15-20(30)23(10-12-27)13-19(29)22(8-3)9-11-26/h16-18,26-27H,6-15H2,1-5H3. The zero-order valence-electron chi connectivity index (χ0n) is 19.6. The second kappa shape index (κ2) is 15.6. The minimum atomic E-state index is -0.461. The number of carbonyl (C=O) groups excluding carboxylic acids is 4. The van der Waals surface area contributed by atoms with Crippen LogP contribution in [0.1, 0.15) is 47.5 Å². The number of amides is 4. The van der Waals surface area contributed by atoms with Crippen LogP contribution in [-0.4, -0.2) is 119 Å². The summed E-state index contributed by atoms with van der Waals surface area (Å²) >= 11 is 0. The van der Waals surface area contributed by atoms with Crippen LogP contribution in [0, 0.1) is 0 Å². The Hall–Kier alpha value is -2.20. The number of likely N-dealkylation sites (N-methyl/N-ethyl adjacent to an activating group) is 1. The molecule has 31 heavy (non-hydrogen) atoms. The number of nitrogens with zero attached hydrogens (tertiary/aromatic N) is 4. The molecule has 2 atom stereocenters. The topological polar surface area (TPSA) is 122 Å². The van der Waals surface area contributed by atoms with Gasteiger partial charge in [-0.3, -0.25) is 19.2 Å². The third kappa shape index (κ3) is 9.65. The first kappa shape index (κ1) is 28.8. The fourth-order valence-corrected chi connectivity index (χ4v) is 2.99. The van der Waals surface area contributed by atoms with E-state index >= 15 is 0 Å². The highest BCUT2D eigenvalue weighted by Crippen LogP contribution is 2.09. The Kier molecular flexibility index (Phi) is 14.5. The lowest BCUT2D eigenvalue weighted by molar-refractivity contribution is -0.147. The van der Waals surface area contributed by atoms with Crippen LogP contribution in [0.5, 0.6) is 0 Å². The summed E-state index contributed by atoms with van der Waals surface area (Å²) in [6.07, 6.45) is 1.95. The van der Waals surface area contributed by atoms with E-state index in [0.717, 1.165) is 0 Å². The molecule has 0 aliphatic heterocycles. The van der Waals surface area contributed by atoms with Crippen LogP contribution >= 0.6 is 0 Å². The maximum absolute atomic E-state index is 12.9. The minimum Gasteiger partial charge on any atom is -0.395 e. The van der Waals surface area contributed by atoms with Crippen LogP contribution in [0.3, 0.4) is 0 Å². The maximum Gasteiger partial charge on any atom is 0.242 e. The molecule has 2 N–H and O–H groups in total. The van der Waals surface area contributed by atoms with Crippen molar-refractivity contribution >= 4 is 24.1 Å². The quantitative estimate of drug-likeness (QED) is 0.311. The van der Waals surface area contributed by atoms with Gasteiger partial charge >= 0.3 is 0 Å². The highest BCUT2D eigenvalue weighted by molar-refractivity contribution is 5.89. The number of aliphatic hydroxyl groups is 2. The van der Waals surface area contributed by atoms with Gasteiger partial charge in [0.05, 0.1) is 26.3 Å². The molecule has 0 rings (SSSR count). The van der Waals surface area contributed by atoms with Gasteiger partial charge in [0.15, 0.2) is 0 Å². The molecule has 0 aromatic heterocycles. The van der Waals surface area contributed by atoms with Crippen molar-refractivity contribution in [3.05, 3.63) is 0 Å². The number of hydrogen-bond acceptors (Lipinski definition) is 6. The zero-order chi connectivity index (χ0) is 24.0. The van der Waals surface area contributed by atoms with Gasteiger partial charge in [-0.15, -0.1) is 0 Å². The van der Waals surface area contributed by atoms with Gasteiger partial charge in [0.2, 0.25) is 24.1 Å². The van der Waals surface area contributed by atoms with Gasteiger partial charge in [0, 0.05) is 31.7 Å². The van der Waals surface area contributed by atoms with E-state index in [0.29, 0.717) is 25.8 Å². The van der Waals surface area contributed by atoms with E-state index in [1.165, 1.54) is 19.6 Å². The van der Waals surface area contributed by atoms with Crippen LogP contribution in [-0.2, 0) is 19.2 Å². The third-order valence-corrected chi connectivity index (χ3v) is 5.51. The van der Waals surface area contributed by atoms with Crippen molar-refractivity contribution in [2.45, 2.75) is 59.5 Å². The molecule has 2 unspecified atom stereocenters. The predicted molar refractivity (Wildman–Crippen MR) is 117 cm³/mol. The molecule has 0 aliphatic carbocycles. The molecule has 10 nitrogen and oxygen atoms in total. The van der Waals surface area contributed by atoms with Crippen molar-refractivity contribution in [2.24, 2.45) is 0 Å². The molecule has 0 fully saturated rings. The lowest BCUT2D eigenvalue weighted by Crippen LogP contribution is -2.52. The zero-order valence-corrected chi connectivity index (χ0v) is 19.6. The van der Waals surface area contributed by atoms with Gasteiger partial charge in [0.1, 0.15) is 6.54 Å². The number of aliphatic hydroxyl groups excluding tert-OH is 2. The Bertz CT molecular complexity index is 574. The van der Waals surface area contributed by atoms with Gasteiger partial charge in [-0.2, -0.15) is 0 Å². The van der Waals surface area contributed by atoms with Crippen LogP contribution in [0.25, 0.3) is 0 Å². The fourth-order valence-electron chi connectivity index (χ4n) is 2.99. The monoisotopic (exact) mass is 444 g/mol. The summed E-state index contributed by atoms with van der Waals surface area (Å²) in [6, 6.07) is -0.346. The van der Waals surface area contributed by atoms with Crippen LogP contribution in [0.2, 0.25) is 0 Å². The molecule has 0 spiro atoms. The largest absolute Gasteiger partial charge is 0.395 e. The predicted octanol–water partition coefficient (Wildman–Crippen LogP) is -0.468. The highest BCUT2D eigenvalue weighted by Gasteiger charge is 2.28. The summed E-state index contributed by atoms with van der Waals surface area (Å²) in [7, 11) is 0. The third-order valence-electron chi connectivity index (χ3n) is 5.51. The molecular formula is C21H40N4O6. The highest BCUT2D eigenvalue weighted by atomic mass is 16.3. The second-order valence-electron chi connectivity index (χ2n) is 7.55. The van der Waals surface area contributed by atoms with E-state index in [-0.39, 0.29) is 69.8 Å². The lowest BCUT2D eigenvalue weighted by atomic mass is 10.2. The summed E-state index contributed by atoms with van der Waals surface area (Å²) in [5.74, 6) is -1.15. The van der Waals surface area contributed by atoms with E-state index in [9.17, 15) is 24.3 Å². The van der Waals surface area contributed by atoms with E-state index in [1.807, 2.05) is 27.7 Å². The molecule has 10 heteroatoms. The average molecular weight is 445 g/mol. The Morgan fingerprint density at radius 1 is 0.774 bits per heavy atom. The van der Waals surface area contributed by atoms with Gasteiger partial charge in [0.25, 0.3) is 0 Å². The molecule has 0 bridgehead atoms. The number of rotatable bonds is 16. The SMILES string of the molecule is CCC(C)N(C=O)CC(=O)N(CC(=O)N(CCO)CC(=O)N(CC)CCO)C(C)CC. The number of hydrogen-bond donors (Lipinski definition) is 2. The normalized spacial score (nSPS) is 12.6. The van der Waals surface area contributed by atoms with Crippen molar-refractivity contribution in [3.8, 4) is 0 Å². The summed E-state index contributed by atoms with van der Waals surface area (Å²) in [4.78, 5) is 55.2.